The van der Waals surface area contributed by atoms with E-state index >= 15 is 0 Å². The largest absolute Gasteiger partial charge is 0.432 e. The van der Waals surface area contributed by atoms with Crippen molar-refractivity contribution in [3.8, 4) is 29.2 Å². The topological polar surface area (TPSA) is 9.23 Å². The summed E-state index contributed by atoms with van der Waals surface area (Å²) < 4.78 is 105. The van der Waals surface area contributed by atoms with Gasteiger partial charge in [-0.3, -0.25) is 0 Å². The molecule has 34 heavy (non-hydrogen) atoms. The van der Waals surface area contributed by atoms with Crippen LogP contribution in [0, 0.1) is 41.4 Å². The molecule has 0 radical (unpaired) electrons. The Hall–Kier alpha value is -3.47. The van der Waals surface area contributed by atoms with Crippen LogP contribution in [0.4, 0.5) is 30.7 Å². The molecule has 3 aromatic rings. The summed E-state index contributed by atoms with van der Waals surface area (Å²) in [5.74, 6) is -6.28. The molecule has 0 spiro atoms. The summed E-state index contributed by atoms with van der Waals surface area (Å²) in [7, 11) is 0. The molecule has 0 aliphatic heterocycles. The lowest BCUT2D eigenvalue weighted by Gasteiger charge is -2.20. The van der Waals surface area contributed by atoms with E-state index in [4.69, 9.17) is 6.42 Å². The molecule has 0 aliphatic carbocycles. The maximum atomic E-state index is 14.6. The van der Waals surface area contributed by atoms with Gasteiger partial charge in [0.1, 0.15) is 40.4 Å². The van der Waals surface area contributed by atoms with Gasteiger partial charge in [0.2, 0.25) is 0 Å². The Morgan fingerprint density at radius 3 is 1.97 bits per heavy atom. The number of benzene rings is 3. The Balaban J connectivity index is 1.91. The molecule has 0 heterocycles. The van der Waals surface area contributed by atoms with Gasteiger partial charge >= 0.3 is 6.11 Å². The maximum absolute atomic E-state index is 14.6. The Labute approximate surface area is 192 Å². The van der Waals surface area contributed by atoms with Crippen molar-refractivity contribution in [3.63, 3.8) is 0 Å². The minimum absolute atomic E-state index is 0.179. The van der Waals surface area contributed by atoms with E-state index in [1.54, 1.807) is 12.0 Å². The zero-order valence-corrected chi connectivity index (χ0v) is 18.0. The molecular formula is C26H19F7O. The Morgan fingerprint density at radius 1 is 0.824 bits per heavy atom. The van der Waals surface area contributed by atoms with Crippen LogP contribution in [0.1, 0.15) is 42.9 Å². The van der Waals surface area contributed by atoms with Crippen LogP contribution in [-0.2, 0) is 12.5 Å². The molecule has 0 aromatic heterocycles. The predicted molar refractivity (Wildman–Crippen MR) is 114 cm³/mol. The molecule has 0 aliphatic rings. The van der Waals surface area contributed by atoms with Crippen molar-refractivity contribution in [3.05, 3.63) is 88.2 Å². The Bertz CT molecular complexity index is 1200. The minimum atomic E-state index is -4.65. The van der Waals surface area contributed by atoms with Crippen molar-refractivity contribution in [1.29, 1.82) is 0 Å². The summed E-state index contributed by atoms with van der Waals surface area (Å²) in [6.45, 7) is 2.02. The van der Waals surface area contributed by atoms with E-state index in [0.29, 0.717) is 36.2 Å². The number of hydrogen-bond acceptors (Lipinski definition) is 1. The van der Waals surface area contributed by atoms with Gasteiger partial charge in [0.05, 0.1) is 5.56 Å². The van der Waals surface area contributed by atoms with Gasteiger partial charge in [0.15, 0.2) is 0 Å². The summed E-state index contributed by atoms with van der Waals surface area (Å²) in [6.07, 6.45) is 3.70. The standard InChI is InChI=1S/C26H19F7O/c1-3-5-6-7-15-8-9-19(20(27)10-15)16-11-23(30)25(24(31)12-16)26(32,33)34-17-13-21(28)18(4-2)22(29)14-17/h2,8-14H,3,5-7H2,1H3. The molecule has 3 rings (SSSR count). The normalized spacial score (nSPS) is 11.4. The lowest BCUT2D eigenvalue weighted by atomic mass is 9.99. The summed E-state index contributed by atoms with van der Waals surface area (Å²) in [5.41, 5.74) is -2.39. The molecule has 0 saturated carbocycles. The molecule has 1 nitrogen and oxygen atoms in total. The summed E-state index contributed by atoms with van der Waals surface area (Å²) in [6, 6.07) is 5.95. The second-order valence-electron chi connectivity index (χ2n) is 7.61. The van der Waals surface area contributed by atoms with E-state index in [1.165, 1.54) is 12.1 Å². The molecule has 0 amide bonds. The molecule has 0 bridgehead atoms. The molecule has 0 saturated heterocycles. The Morgan fingerprint density at radius 2 is 1.44 bits per heavy atom. The third-order valence-electron chi connectivity index (χ3n) is 5.15. The molecular weight excluding hydrogens is 461 g/mol. The second kappa shape index (κ2) is 10.2. The maximum Gasteiger partial charge on any atom is 0.432 e. The Kier molecular flexibility index (Phi) is 7.55. The lowest BCUT2D eigenvalue weighted by molar-refractivity contribution is -0.189. The number of ether oxygens (including phenoxy) is 1. The van der Waals surface area contributed by atoms with Crippen molar-refractivity contribution < 1.29 is 35.5 Å². The number of unbranched alkanes of at least 4 members (excludes halogenated alkanes) is 2. The first-order valence-corrected chi connectivity index (χ1v) is 10.4. The van der Waals surface area contributed by atoms with Crippen molar-refractivity contribution in [2.45, 2.75) is 38.7 Å². The van der Waals surface area contributed by atoms with Gasteiger partial charge in [-0.05, 0) is 42.2 Å². The molecule has 8 heteroatoms. The van der Waals surface area contributed by atoms with Gasteiger partial charge in [-0.25, -0.2) is 22.0 Å². The van der Waals surface area contributed by atoms with Crippen LogP contribution in [0.3, 0.4) is 0 Å². The molecule has 178 valence electrons. The third-order valence-corrected chi connectivity index (χ3v) is 5.15. The smallest absolute Gasteiger partial charge is 0.429 e. The van der Waals surface area contributed by atoms with E-state index in [0.717, 1.165) is 19.3 Å². The van der Waals surface area contributed by atoms with Crippen molar-refractivity contribution in [2.24, 2.45) is 0 Å². The fourth-order valence-corrected chi connectivity index (χ4v) is 3.48. The fraction of sp³-hybridized carbons (Fsp3) is 0.231. The van der Waals surface area contributed by atoms with Gasteiger partial charge in [-0.2, -0.15) is 8.78 Å². The van der Waals surface area contributed by atoms with Crippen LogP contribution in [0.5, 0.6) is 5.75 Å². The van der Waals surface area contributed by atoms with Gasteiger partial charge in [0, 0.05) is 17.7 Å². The summed E-state index contributed by atoms with van der Waals surface area (Å²) in [5, 5.41) is 0. The molecule has 0 N–H and O–H groups in total. The average molecular weight is 480 g/mol. The first-order valence-electron chi connectivity index (χ1n) is 10.4. The third kappa shape index (κ3) is 5.36. The highest BCUT2D eigenvalue weighted by Gasteiger charge is 2.41. The van der Waals surface area contributed by atoms with Gasteiger partial charge in [-0.1, -0.05) is 37.8 Å². The van der Waals surface area contributed by atoms with E-state index < -0.39 is 52.1 Å². The van der Waals surface area contributed by atoms with Crippen molar-refractivity contribution in [1.82, 2.24) is 0 Å². The first-order chi connectivity index (χ1) is 16.1. The van der Waals surface area contributed by atoms with E-state index in [-0.39, 0.29) is 11.1 Å². The van der Waals surface area contributed by atoms with Gasteiger partial charge in [0.25, 0.3) is 0 Å². The number of terminal acetylenes is 1. The number of rotatable bonds is 8. The van der Waals surface area contributed by atoms with E-state index in [2.05, 4.69) is 4.74 Å². The number of aryl methyl sites for hydroxylation is 1. The second-order valence-corrected chi connectivity index (χ2v) is 7.61. The fourth-order valence-electron chi connectivity index (χ4n) is 3.48. The van der Waals surface area contributed by atoms with Crippen molar-refractivity contribution in [2.75, 3.05) is 0 Å². The number of hydrogen-bond donors (Lipinski definition) is 0. The van der Waals surface area contributed by atoms with Crippen LogP contribution >= 0.6 is 0 Å². The summed E-state index contributed by atoms with van der Waals surface area (Å²) >= 11 is 0. The zero-order chi connectivity index (χ0) is 25.0. The highest BCUT2D eigenvalue weighted by Crippen LogP contribution is 2.38. The predicted octanol–water partition coefficient (Wildman–Crippen LogP) is 7.89. The minimum Gasteiger partial charge on any atom is -0.429 e. The lowest BCUT2D eigenvalue weighted by Crippen LogP contribution is -2.25. The van der Waals surface area contributed by atoms with Gasteiger partial charge in [-0.15, -0.1) is 6.42 Å². The summed E-state index contributed by atoms with van der Waals surface area (Å²) in [4.78, 5) is 0. The quantitative estimate of drug-likeness (QED) is 0.181. The highest BCUT2D eigenvalue weighted by molar-refractivity contribution is 5.65. The van der Waals surface area contributed by atoms with E-state index in [1.807, 2.05) is 6.92 Å². The van der Waals surface area contributed by atoms with E-state index in [9.17, 15) is 30.7 Å². The molecule has 0 atom stereocenters. The first kappa shape index (κ1) is 25.2. The van der Waals surface area contributed by atoms with Crippen LogP contribution in [0.25, 0.3) is 11.1 Å². The van der Waals surface area contributed by atoms with Gasteiger partial charge < -0.3 is 4.74 Å². The van der Waals surface area contributed by atoms with Crippen LogP contribution in [0.15, 0.2) is 42.5 Å². The van der Waals surface area contributed by atoms with Crippen molar-refractivity contribution >= 4 is 0 Å². The number of alkyl halides is 2. The highest BCUT2D eigenvalue weighted by atomic mass is 19.3. The van der Waals surface area contributed by atoms with Crippen LogP contribution < -0.4 is 4.74 Å². The molecule has 0 fully saturated rings. The SMILES string of the molecule is C#Cc1c(F)cc(OC(F)(F)c2c(F)cc(-c3ccc(CCCCC)cc3F)cc2F)cc1F. The monoisotopic (exact) mass is 480 g/mol. The number of halogens is 7. The molecule has 3 aromatic carbocycles. The average Bonchev–Trinajstić information content (AvgIpc) is 2.72. The zero-order valence-electron chi connectivity index (χ0n) is 18.0. The molecule has 0 unspecified atom stereocenters. The van der Waals surface area contributed by atoms with Crippen LogP contribution in [0.2, 0.25) is 0 Å². The van der Waals surface area contributed by atoms with Crippen LogP contribution in [-0.4, -0.2) is 0 Å².